The quantitative estimate of drug-likeness (QED) is 0.420. The van der Waals surface area contributed by atoms with Crippen LogP contribution in [0.5, 0.6) is 6.01 Å². The number of aryl methyl sites for hydroxylation is 1. The predicted octanol–water partition coefficient (Wildman–Crippen LogP) is 2.82. The molecular weight excluding hydrogens is 591 g/mol. The Balaban J connectivity index is 1.16. The molecule has 2 aromatic heterocycles. The number of halogens is 1. The lowest BCUT2D eigenvalue weighted by molar-refractivity contribution is -0.136. The first-order chi connectivity index (χ1) is 22.2. The number of amides is 1. The minimum absolute atomic E-state index is 0.126. The monoisotopic (exact) mass is 632 g/mol. The number of alkyl halides is 1. The smallest absolute Gasteiger partial charge is 0.318 e. The lowest BCUT2D eigenvalue weighted by Gasteiger charge is -2.42. The Morgan fingerprint density at radius 2 is 2.07 bits per heavy atom. The highest BCUT2D eigenvalue weighted by Gasteiger charge is 2.50. The fourth-order valence-corrected chi connectivity index (χ4v) is 8.08. The second-order valence-electron chi connectivity index (χ2n) is 13.7. The molecule has 3 aromatic rings. The molecular formula is C33H41FN8O4. The van der Waals surface area contributed by atoms with Crippen molar-refractivity contribution in [1.29, 1.82) is 0 Å². The van der Waals surface area contributed by atoms with E-state index < -0.39 is 11.8 Å². The molecule has 46 heavy (non-hydrogen) atoms. The molecule has 1 spiro atoms. The summed E-state index contributed by atoms with van der Waals surface area (Å²) in [6.45, 7) is 4.84. The normalized spacial score (nSPS) is 27.1. The number of nitrogens with two attached hydrogens (primary N) is 1. The molecule has 12 nitrogen and oxygen atoms in total. The fourth-order valence-electron chi connectivity index (χ4n) is 8.08. The van der Waals surface area contributed by atoms with Gasteiger partial charge in [-0.2, -0.15) is 15.1 Å². The van der Waals surface area contributed by atoms with Crippen molar-refractivity contribution in [3.05, 3.63) is 58.0 Å². The number of ether oxygens (including phenoxy) is 3. The largest absolute Gasteiger partial charge is 0.461 e. The van der Waals surface area contributed by atoms with E-state index in [0.29, 0.717) is 76.3 Å². The Bertz CT molecular complexity index is 1680. The molecule has 2 fully saturated rings. The van der Waals surface area contributed by atoms with Crippen molar-refractivity contribution in [2.45, 2.75) is 75.7 Å². The van der Waals surface area contributed by atoms with Gasteiger partial charge in [0, 0.05) is 57.8 Å². The van der Waals surface area contributed by atoms with Crippen molar-refractivity contribution in [3.8, 4) is 6.01 Å². The number of aromatic nitrogens is 4. The van der Waals surface area contributed by atoms with E-state index in [1.807, 2.05) is 28.9 Å². The third-order valence-electron chi connectivity index (χ3n) is 10.4. The second-order valence-corrected chi connectivity index (χ2v) is 13.7. The fraction of sp³-hybridized carbons (Fsp3) is 0.576. The van der Waals surface area contributed by atoms with Crippen LogP contribution in [0.25, 0.3) is 0 Å². The van der Waals surface area contributed by atoms with Crippen molar-refractivity contribution in [3.63, 3.8) is 0 Å². The molecule has 8 rings (SSSR count). The van der Waals surface area contributed by atoms with E-state index in [0.717, 1.165) is 66.2 Å². The van der Waals surface area contributed by atoms with Gasteiger partial charge in [0.15, 0.2) is 5.69 Å². The zero-order chi connectivity index (χ0) is 31.6. The third-order valence-corrected chi connectivity index (χ3v) is 10.4. The molecule has 3 atom stereocenters. The molecule has 0 saturated carbocycles. The molecule has 5 aliphatic rings. The van der Waals surface area contributed by atoms with Crippen LogP contribution in [0, 0.1) is 0 Å². The molecule has 1 aromatic carbocycles. The van der Waals surface area contributed by atoms with E-state index in [9.17, 15) is 9.18 Å². The van der Waals surface area contributed by atoms with Crippen LogP contribution in [-0.2, 0) is 47.8 Å². The van der Waals surface area contributed by atoms with E-state index in [4.69, 9.17) is 29.9 Å². The van der Waals surface area contributed by atoms with E-state index in [1.54, 1.807) is 19.0 Å². The van der Waals surface area contributed by atoms with Gasteiger partial charge in [-0.15, -0.1) is 0 Å². The van der Waals surface area contributed by atoms with Crippen LogP contribution in [0.4, 0.5) is 15.9 Å². The number of hydrogen-bond acceptors (Lipinski definition) is 10. The van der Waals surface area contributed by atoms with Crippen molar-refractivity contribution < 1.29 is 23.4 Å². The van der Waals surface area contributed by atoms with Gasteiger partial charge in [0.25, 0.3) is 5.91 Å². The molecule has 2 N–H and O–H groups in total. The number of nitrogen functional groups attached to an aromatic ring is 1. The summed E-state index contributed by atoms with van der Waals surface area (Å²) in [5, 5.41) is 4.62. The summed E-state index contributed by atoms with van der Waals surface area (Å²) in [5.74, 6) is 0.629. The highest BCUT2D eigenvalue weighted by molar-refractivity contribution is 5.92. The Hall–Kier alpha value is -3.81. The number of anilines is 2. The molecule has 0 bridgehead atoms. The van der Waals surface area contributed by atoms with E-state index in [-0.39, 0.29) is 11.4 Å². The average molecular weight is 633 g/mol. The maximum absolute atomic E-state index is 14.6. The number of rotatable bonds is 5. The average Bonchev–Trinajstić information content (AvgIpc) is 3.66. The molecule has 1 unspecified atom stereocenters. The minimum Gasteiger partial charge on any atom is -0.461 e. The molecule has 1 amide bonds. The van der Waals surface area contributed by atoms with Crippen LogP contribution >= 0.6 is 0 Å². The van der Waals surface area contributed by atoms with Gasteiger partial charge in [0.2, 0.25) is 0 Å². The Morgan fingerprint density at radius 1 is 1.17 bits per heavy atom. The van der Waals surface area contributed by atoms with Crippen LogP contribution in [0.2, 0.25) is 0 Å². The van der Waals surface area contributed by atoms with Gasteiger partial charge < -0.3 is 29.7 Å². The Morgan fingerprint density at radius 3 is 2.93 bits per heavy atom. The summed E-state index contributed by atoms with van der Waals surface area (Å²) in [6.07, 6.45) is 2.87. The van der Waals surface area contributed by atoms with Crippen LogP contribution in [-0.4, -0.2) is 94.1 Å². The van der Waals surface area contributed by atoms with Crippen LogP contribution in [0.15, 0.2) is 24.3 Å². The zero-order valence-electron chi connectivity index (χ0n) is 26.5. The summed E-state index contributed by atoms with van der Waals surface area (Å²) in [6, 6.07) is 8.06. The number of nitrogens with zero attached hydrogens (tertiary/aromatic N) is 7. The lowest BCUT2D eigenvalue weighted by atomic mass is 9.82. The first kappa shape index (κ1) is 29.6. The number of benzene rings is 1. The first-order valence-electron chi connectivity index (χ1n) is 16.3. The van der Waals surface area contributed by atoms with Gasteiger partial charge in [0.1, 0.15) is 24.2 Å². The summed E-state index contributed by atoms with van der Waals surface area (Å²) in [5.41, 5.74) is 11.1. The number of hydrogen-bond donors (Lipinski definition) is 1. The molecule has 2 saturated heterocycles. The van der Waals surface area contributed by atoms with E-state index in [2.05, 4.69) is 14.9 Å². The molecule has 0 aliphatic carbocycles. The lowest BCUT2D eigenvalue weighted by Crippen LogP contribution is -2.45. The number of carbonyl (C=O) groups excluding carboxylic acids is 1. The van der Waals surface area contributed by atoms with Crippen LogP contribution in [0.3, 0.4) is 0 Å². The number of fused-ring (bicyclic) bond motifs is 5. The SMILES string of the molecule is CN(C)C(=O)c1cc2n(n1)CCCN(c1nc(OCC34CCCN3C[C@H](F)C4)nc3c1CO[C@@]1(COCc4ccc(N)cc41)C3)C2. The van der Waals surface area contributed by atoms with Crippen molar-refractivity contribution >= 4 is 17.4 Å². The first-order valence-corrected chi connectivity index (χ1v) is 16.3. The highest BCUT2D eigenvalue weighted by atomic mass is 19.1. The van der Waals surface area contributed by atoms with Gasteiger partial charge in [-0.25, -0.2) is 4.39 Å². The van der Waals surface area contributed by atoms with Gasteiger partial charge in [-0.1, -0.05) is 6.07 Å². The standard InChI is InChI=1S/C33H41FN8O4/c1-39(2)30(43)27-12-24-16-40(8-4-10-42(24)38-27)29-25-18-46-33(20-44-17-21-5-6-23(35)11-26(21)33)14-28(25)36-31(37-29)45-19-32-7-3-9-41(32)15-22(34)13-32/h5-6,11-12,22H,3-4,7-10,13-20,35H2,1-2H3/t22-,32?,33-/m1/s1. The summed E-state index contributed by atoms with van der Waals surface area (Å²) < 4.78 is 35.7. The molecule has 7 heterocycles. The summed E-state index contributed by atoms with van der Waals surface area (Å²) in [4.78, 5) is 28.7. The van der Waals surface area contributed by atoms with Crippen LogP contribution < -0.4 is 15.4 Å². The summed E-state index contributed by atoms with van der Waals surface area (Å²) >= 11 is 0. The van der Waals surface area contributed by atoms with Crippen molar-refractivity contribution in [2.24, 2.45) is 0 Å². The molecule has 244 valence electrons. The molecule has 13 heteroatoms. The Labute approximate surface area is 267 Å². The van der Waals surface area contributed by atoms with E-state index >= 15 is 0 Å². The van der Waals surface area contributed by atoms with Crippen LogP contribution in [0.1, 0.15) is 64.2 Å². The minimum atomic E-state index is -0.842. The number of carbonyl (C=O) groups is 1. The van der Waals surface area contributed by atoms with Gasteiger partial charge >= 0.3 is 6.01 Å². The zero-order valence-corrected chi connectivity index (χ0v) is 26.5. The van der Waals surface area contributed by atoms with Crippen molar-refractivity contribution in [1.82, 2.24) is 29.5 Å². The van der Waals surface area contributed by atoms with Gasteiger partial charge in [-0.3, -0.25) is 14.4 Å². The predicted molar refractivity (Wildman–Crippen MR) is 167 cm³/mol. The molecule has 5 aliphatic heterocycles. The van der Waals surface area contributed by atoms with E-state index in [1.165, 1.54) is 0 Å². The maximum atomic E-state index is 14.6. The highest BCUT2D eigenvalue weighted by Crippen LogP contribution is 2.44. The topological polar surface area (TPSA) is 124 Å². The van der Waals surface area contributed by atoms with Gasteiger partial charge in [-0.05, 0) is 55.1 Å². The van der Waals surface area contributed by atoms with Gasteiger partial charge in [0.05, 0.1) is 43.3 Å². The maximum Gasteiger partial charge on any atom is 0.318 e. The second kappa shape index (κ2) is 11.2. The molecule has 0 radical (unpaired) electrons. The third kappa shape index (κ3) is 4.99. The Kier molecular flexibility index (Phi) is 7.18. The summed E-state index contributed by atoms with van der Waals surface area (Å²) in [7, 11) is 3.46. The van der Waals surface area contributed by atoms with Crippen molar-refractivity contribution in [2.75, 3.05) is 57.6 Å².